The van der Waals surface area contributed by atoms with Gasteiger partial charge in [0.25, 0.3) is 0 Å². The maximum atomic E-state index is 12.9. The summed E-state index contributed by atoms with van der Waals surface area (Å²) in [5.41, 5.74) is 1.02. The smallest absolute Gasteiger partial charge is 0.366 e. The molecule has 0 atom stereocenters. The molecule has 3 rings (SSSR count). The first-order valence-electron chi connectivity index (χ1n) is 8.08. The number of benzene rings is 2. The number of rotatable bonds is 5. The van der Waals surface area contributed by atoms with E-state index >= 15 is 0 Å². The van der Waals surface area contributed by atoms with Gasteiger partial charge in [-0.2, -0.15) is 18.2 Å². The van der Waals surface area contributed by atoms with E-state index in [0.29, 0.717) is 18.1 Å². The van der Waals surface area contributed by atoms with Crippen LogP contribution in [0.2, 0.25) is 5.02 Å². The maximum Gasteiger partial charge on any atom is 0.416 e. The lowest BCUT2D eigenvalue weighted by molar-refractivity contribution is -0.137. The van der Waals surface area contributed by atoms with Crippen molar-refractivity contribution in [2.24, 2.45) is 0 Å². The van der Waals surface area contributed by atoms with Crippen molar-refractivity contribution in [3.05, 3.63) is 76.4 Å². The molecule has 1 heterocycles. The lowest BCUT2D eigenvalue weighted by Crippen LogP contribution is -2.08. The van der Waals surface area contributed by atoms with Crippen LogP contribution in [0.25, 0.3) is 0 Å². The Morgan fingerprint density at radius 3 is 2.44 bits per heavy atom. The summed E-state index contributed by atoms with van der Waals surface area (Å²) in [6, 6.07) is 14.6. The number of anilines is 3. The molecule has 8 heteroatoms. The number of aryl methyl sites for hydroxylation is 1. The molecule has 140 valence electrons. The zero-order chi connectivity index (χ0) is 19.4. The predicted molar refractivity (Wildman–Crippen MR) is 100 cm³/mol. The summed E-state index contributed by atoms with van der Waals surface area (Å²) in [6.07, 6.45) is -4.46. The van der Waals surface area contributed by atoms with E-state index < -0.39 is 11.7 Å². The second-order valence-corrected chi connectivity index (χ2v) is 6.28. The molecular weight excluding hydrogens is 377 g/mol. The van der Waals surface area contributed by atoms with Crippen LogP contribution in [-0.4, -0.2) is 9.97 Å². The van der Waals surface area contributed by atoms with Crippen molar-refractivity contribution >= 4 is 29.1 Å². The van der Waals surface area contributed by atoms with E-state index in [0.717, 1.165) is 17.7 Å². The van der Waals surface area contributed by atoms with E-state index in [9.17, 15) is 13.2 Å². The second kappa shape index (κ2) is 7.84. The van der Waals surface area contributed by atoms with Crippen LogP contribution in [0.15, 0.2) is 54.6 Å². The normalized spacial score (nSPS) is 11.3. The molecule has 1 aromatic heterocycles. The third-order valence-corrected chi connectivity index (χ3v) is 4.04. The lowest BCUT2D eigenvalue weighted by Gasteiger charge is -2.13. The highest BCUT2D eigenvalue weighted by molar-refractivity contribution is 6.33. The molecule has 2 N–H and O–H groups in total. The molecule has 4 nitrogen and oxygen atoms in total. The summed E-state index contributed by atoms with van der Waals surface area (Å²) in [6.45, 7) is 2.33. The van der Waals surface area contributed by atoms with E-state index in [4.69, 9.17) is 11.6 Å². The molecule has 2 aromatic carbocycles. The molecule has 0 fully saturated rings. The minimum Gasteiger partial charge on any atom is -0.366 e. The van der Waals surface area contributed by atoms with Crippen LogP contribution >= 0.6 is 11.6 Å². The molecule has 0 aliphatic rings. The fourth-order valence-corrected chi connectivity index (χ4v) is 2.59. The molecule has 0 bridgehead atoms. The molecule has 0 aliphatic heterocycles. The van der Waals surface area contributed by atoms with E-state index in [1.165, 1.54) is 6.07 Å². The van der Waals surface area contributed by atoms with Gasteiger partial charge in [-0.3, -0.25) is 0 Å². The van der Waals surface area contributed by atoms with Crippen LogP contribution in [-0.2, 0) is 12.7 Å². The highest BCUT2D eigenvalue weighted by Gasteiger charge is 2.31. The average Bonchev–Trinajstić information content (AvgIpc) is 2.61. The molecule has 27 heavy (non-hydrogen) atoms. The monoisotopic (exact) mass is 392 g/mol. The fourth-order valence-electron chi connectivity index (χ4n) is 2.42. The van der Waals surface area contributed by atoms with Crippen LogP contribution in [0.4, 0.5) is 30.6 Å². The zero-order valence-electron chi connectivity index (χ0n) is 14.3. The average molecular weight is 393 g/mol. The largest absolute Gasteiger partial charge is 0.416 e. The lowest BCUT2D eigenvalue weighted by atomic mass is 10.2. The van der Waals surface area contributed by atoms with Gasteiger partial charge in [0.15, 0.2) is 0 Å². The predicted octanol–water partition coefficient (Wildman–Crippen LogP) is 5.81. The molecular formula is C19H16ClF3N4. The van der Waals surface area contributed by atoms with Gasteiger partial charge in [-0.1, -0.05) is 41.9 Å². The zero-order valence-corrected chi connectivity index (χ0v) is 15.1. The van der Waals surface area contributed by atoms with Crippen LogP contribution < -0.4 is 10.6 Å². The Bertz CT molecular complexity index is 930. The Labute approximate surface area is 159 Å². The Balaban J connectivity index is 1.80. The number of aromatic nitrogens is 2. The van der Waals surface area contributed by atoms with Crippen molar-refractivity contribution < 1.29 is 13.2 Å². The Kier molecular flexibility index (Phi) is 5.51. The standard InChI is InChI=1S/C19H16ClF3N4/c1-12-9-17(24-11-13-5-3-2-4-6-13)27-18(25-12)26-16-10-14(19(21,22)23)7-8-15(16)20/h2-10H,11H2,1H3,(H2,24,25,26,27). The van der Waals surface area contributed by atoms with Crippen molar-refractivity contribution in [1.82, 2.24) is 9.97 Å². The number of hydrogen-bond donors (Lipinski definition) is 2. The van der Waals surface area contributed by atoms with Crippen LogP contribution in [0.5, 0.6) is 0 Å². The molecule has 0 amide bonds. The number of alkyl halides is 3. The minimum absolute atomic E-state index is 0.0890. The summed E-state index contributed by atoms with van der Waals surface area (Å²) in [4.78, 5) is 8.52. The van der Waals surface area contributed by atoms with Gasteiger partial charge in [0, 0.05) is 18.3 Å². The van der Waals surface area contributed by atoms with Gasteiger partial charge in [0.1, 0.15) is 5.82 Å². The Morgan fingerprint density at radius 1 is 1.00 bits per heavy atom. The highest BCUT2D eigenvalue weighted by atomic mass is 35.5. The first kappa shape index (κ1) is 19.0. The SMILES string of the molecule is Cc1cc(NCc2ccccc2)nc(Nc2cc(C(F)(F)F)ccc2Cl)n1. The maximum absolute atomic E-state index is 12.9. The Morgan fingerprint density at radius 2 is 1.74 bits per heavy atom. The van der Waals surface area contributed by atoms with Crippen molar-refractivity contribution in [1.29, 1.82) is 0 Å². The number of hydrogen-bond acceptors (Lipinski definition) is 4. The molecule has 0 saturated carbocycles. The van der Waals surface area contributed by atoms with E-state index in [1.807, 2.05) is 30.3 Å². The number of nitrogens with one attached hydrogen (secondary N) is 2. The molecule has 3 aromatic rings. The second-order valence-electron chi connectivity index (χ2n) is 5.87. The molecule has 0 unspecified atom stereocenters. The van der Waals surface area contributed by atoms with Gasteiger partial charge < -0.3 is 10.6 Å². The van der Waals surface area contributed by atoms with Crippen LogP contribution in [0.3, 0.4) is 0 Å². The van der Waals surface area contributed by atoms with Gasteiger partial charge in [-0.15, -0.1) is 0 Å². The third-order valence-electron chi connectivity index (χ3n) is 3.71. The summed E-state index contributed by atoms with van der Waals surface area (Å²) >= 11 is 6.02. The first-order chi connectivity index (χ1) is 12.8. The van der Waals surface area contributed by atoms with Gasteiger partial charge in [-0.05, 0) is 30.7 Å². The van der Waals surface area contributed by atoms with E-state index in [2.05, 4.69) is 20.6 Å². The minimum atomic E-state index is -4.46. The van der Waals surface area contributed by atoms with E-state index in [-0.39, 0.29) is 16.7 Å². The van der Waals surface area contributed by atoms with Gasteiger partial charge >= 0.3 is 6.18 Å². The first-order valence-corrected chi connectivity index (χ1v) is 8.46. The van der Waals surface area contributed by atoms with E-state index in [1.54, 1.807) is 13.0 Å². The van der Waals surface area contributed by atoms with Gasteiger partial charge in [0.2, 0.25) is 5.95 Å². The van der Waals surface area contributed by atoms with Gasteiger partial charge in [0.05, 0.1) is 16.3 Å². The number of nitrogens with zero attached hydrogens (tertiary/aromatic N) is 2. The molecule has 0 radical (unpaired) electrons. The fraction of sp³-hybridized carbons (Fsp3) is 0.158. The molecule has 0 saturated heterocycles. The number of halogens is 4. The third kappa shape index (κ3) is 5.10. The molecule has 0 aliphatic carbocycles. The van der Waals surface area contributed by atoms with Crippen LogP contribution in [0.1, 0.15) is 16.8 Å². The summed E-state index contributed by atoms with van der Waals surface area (Å²) < 4.78 is 38.7. The van der Waals surface area contributed by atoms with Gasteiger partial charge in [-0.25, -0.2) is 4.98 Å². The van der Waals surface area contributed by atoms with Crippen molar-refractivity contribution in [3.8, 4) is 0 Å². The van der Waals surface area contributed by atoms with Crippen LogP contribution in [0, 0.1) is 6.92 Å². The van der Waals surface area contributed by atoms with Crippen molar-refractivity contribution in [2.75, 3.05) is 10.6 Å². The Hall–Kier alpha value is -2.80. The summed E-state index contributed by atoms with van der Waals surface area (Å²) in [5, 5.41) is 6.09. The van der Waals surface area contributed by atoms with Crippen molar-refractivity contribution in [2.45, 2.75) is 19.6 Å². The molecule has 0 spiro atoms. The quantitative estimate of drug-likeness (QED) is 0.575. The summed E-state index contributed by atoms with van der Waals surface area (Å²) in [7, 11) is 0. The highest BCUT2D eigenvalue weighted by Crippen LogP contribution is 2.34. The summed E-state index contributed by atoms with van der Waals surface area (Å²) in [5.74, 6) is 0.712. The van der Waals surface area contributed by atoms with Crippen molar-refractivity contribution in [3.63, 3.8) is 0 Å². The topological polar surface area (TPSA) is 49.8 Å².